The van der Waals surface area contributed by atoms with E-state index in [1.807, 2.05) is 24.3 Å². The smallest absolute Gasteiger partial charge is 0.273 e. The SMILES string of the molecule is CC(C)C1NC(=O)C(Cc2ccc(I)cc2)NC(=O)c2coc(n2)-c2coc(n2)-c2coc(n2)-c2coc(n2)-c2coc(n2)CNC1=O. The van der Waals surface area contributed by atoms with Crippen molar-refractivity contribution in [3.8, 4) is 46.3 Å². The van der Waals surface area contributed by atoms with Crippen LogP contribution < -0.4 is 16.0 Å². The number of halogens is 1. The van der Waals surface area contributed by atoms with Crippen molar-refractivity contribution in [2.45, 2.75) is 38.9 Å². The molecular weight excluding hydrogens is 739 g/mol. The summed E-state index contributed by atoms with van der Waals surface area (Å²) >= 11 is 2.18. The fourth-order valence-corrected chi connectivity index (χ4v) is 5.17. The van der Waals surface area contributed by atoms with Crippen molar-refractivity contribution in [3.63, 3.8) is 0 Å². The van der Waals surface area contributed by atoms with Crippen molar-refractivity contribution in [2.24, 2.45) is 5.92 Å². The maximum Gasteiger partial charge on any atom is 0.273 e. The zero-order valence-corrected chi connectivity index (χ0v) is 27.4. The molecule has 1 aliphatic rings. The molecule has 2 atom stereocenters. The van der Waals surface area contributed by atoms with Gasteiger partial charge in [-0.25, -0.2) is 24.9 Å². The molecular formula is C31H25IN8O8. The first-order valence-corrected chi connectivity index (χ1v) is 15.7. The molecule has 0 saturated heterocycles. The summed E-state index contributed by atoms with van der Waals surface area (Å²) in [4.78, 5) is 62.2. The Morgan fingerprint density at radius 2 is 1.19 bits per heavy atom. The molecule has 0 saturated carbocycles. The Hall–Kier alpha value is -5.59. The Morgan fingerprint density at radius 1 is 0.688 bits per heavy atom. The van der Waals surface area contributed by atoms with Crippen LogP contribution in [-0.4, -0.2) is 54.7 Å². The van der Waals surface area contributed by atoms with E-state index in [1.165, 1.54) is 25.1 Å². The molecule has 17 heteroatoms. The van der Waals surface area contributed by atoms with Gasteiger partial charge in [0.15, 0.2) is 28.5 Å². The van der Waals surface area contributed by atoms with Crippen LogP contribution in [0.25, 0.3) is 46.3 Å². The van der Waals surface area contributed by atoms with Crippen molar-refractivity contribution >= 4 is 40.3 Å². The highest BCUT2D eigenvalue weighted by Crippen LogP contribution is 2.28. The molecule has 0 aliphatic carbocycles. The van der Waals surface area contributed by atoms with Gasteiger partial charge in [0.25, 0.3) is 5.91 Å². The van der Waals surface area contributed by atoms with Crippen LogP contribution in [0.3, 0.4) is 0 Å². The van der Waals surface area contributed by atoms with E-state index in [-0.39, 0.29) is 76.8 Å². The molecule has 1 aromatic carbocycles. The largest absolute Gasteiger partial charge is 0.446 e. The summed E-state index contributed by atoms with van der Waals surface area (Å²) in [5.74, 6) is -1.50. The topological polar surface area (TPSA) is 217 Å². The normalized spacial score (nSPS) is 17.0. The zero-order chi connectivity index (χ0) is 33.4. The Balaban J connectivity index is 1.23. The third-order valence-corrected chi connectivity index (χ3v) is 8.03. The number of rotatable bonds is 3. The minimum Gasteiger partial charge on any atom is -0.446 e. The van der Waals surface area contributed by atoms with Gasteiger partial charge in [0.1, 0.15) is 43.4 Å². The lowest BCUT2D eigenvalue weighted by atomic mass is 10.0. The minimum absolute atomic E-state index is 0.00312. The standard InChI is InChI=1S/C31H25IN8O8/c1-14(2)24-27(43)33-8-23-34-19(10-44-23)28-37-21(12-46-28)30-39-22(13-48-30)31-38-20(11-47-31)29-36-18(9-45-29)26(42)35-17(25(41)40-24)7-15-3-5-16(32)6-4-15/h3-6,9-14,17,24H,7-8H2,1-2H3,(H,33,43)(H,35,42)(H,40,41). The average molecular weight is 764 g/mol. The minimum atomic E-state index is -1.07. The number of nitrogens with one attached hydrogen (secondary N) is 3. The maximum absolute atomic E-state index is 13.7. The monoisotopic (exact) mass is 764 g/mol. The third-order valence-electron chi connectivity index (χ3n) is 7.31. The van der Waals surface area contributed by atoms with Crippen molar-refractivity contribution in [2.75, 3.05) is 0 Å². The van der Waals surface area contributed by atoms with Crippen LogP contribution >= 0.6 is 22.6 Å². The van der Waals surface area contributed by atoms with Gasteiger partial charge in [0.2, 0.25) is 41.3 Å². The summed E-state index contributed by atoms with van der Waals surface area (Å²) in [5.41, 5.74) is 1.68. The zero-order valence-electron chi connectivity index (χ0n) is 25.2. The molecule has 7 rings (SSSR count). The molecule has 16 nitrogen and oxygen atoms in total. The second kappa shape index (κ2) is 12.9. The molecule has 6 heterocycles. The third kappa shape index (κ3) is 6.48. The molecule has 244 valence electrons. The van der Waals surface area contributed by atoms with E-state index in [9.17, 15) is 14.4 Å². The fourth-order valence-electron chi connectivity index (χ4n) is 4.81. The van der Waals surface area contributed by atoms with Crippen LogP contribution in [0.4, 0.5) is 0 Å². The Morgan fingerprint density at radius 3 is 1.75 bits per heavy atom. The number of fused-ring (bicyclic) bond motifs is 14. The van der Waals surface area contributed by atoms with Gasteiger partial charge in [-0.2, -0.15) is 0 Å². The summed E-state index contributed by atoms with van der Waals surface area (Å²) in [6.45, 7) is 3.50. The van der Waals surface area contributed by atoms with Crippen LogP contribution in [0.2, 0.25) is 0 Å². The average Bonchev–Trinajstić information content (AvgIpc) is 3.91. The number of carbonyl (C=O) groups is 3. The lowest BCUT2D eigenvalue weighted by molar-refractivity contribution is -0.131. The number of oxazole rings is 5. The molecule has 2 unspecified atom stereocenters. The van der Waals surface area contributed by atoms with E-state index >= 15 is 0 Å². The molecule has 0 spiro atoms. The van der Waals surface area contributed by atoms with Crippen molar-refractivity contribution in [1.29, 1.82) is 0 Å². The first-order valence-electron chi connectivity index (χ1n) is 14.6. The van der Waals surface area contributed by atoms with Crippen LogP contribution in [0.1, 0.15) is 35.8 Å². The Bertz CT molecular complexity index is 2110. The van der Waals surface area contributed by atoms with Gasteiger partial charge in [0, 0.05) is 9.99 Å². The van der Waals surface area contributed by atoms with Crippen LogP contribution in [-0.2, 0) is 22.6 Å². The Kier molecular flexibility index (Phi) is 8.34. The van der Waals surface area contributed by atoms with E-state index in [0.29, 0.717) is 0 Å². The molecule has 0 fully saturated rings. The summed E-state index contributed by atoms with van der Waals surface area (Å²) in [6, 6.07) is 5.48. The van der Waals surface area contributed by atoms with E-state index in [2.05, 4.69) is 63.5 Å². The molecule has 1 aliphatic heterocycles. The van der Waals surface area contributed by atoms with Crippen LogP contribution in [0.15, 0.2) is 77.7 Å². The van der Waals surface area contributed by atoms with Gasteiger partial charge in [-0.05, 0) is 46.2 Å². The summed E-state index contributed by atoms with van der Waals surface area (Å²) in [6.07, 6.45) is 6.58. The molecule has 0 radical (unpaired) electrons. The number of hydrogen-bond acceptors (Lipinski definition) is 13. The Labute approximate surface area is 284 Å². The number of amides is 3. The maximum atomic E-state index is 13.7. The second-order valence-corrected chi connectivity index (χ2v) is 12.3. The van der Waals surface area contributed by atoms with Gasteiger partial charge in [-0.15, -0.1) is 0 Å². The van der Waals surface area contributed by atoms with Crippen LogP contribution in [0.5, 0.6) is 0 Å². The number of carbonyl (C=O) groups excluding carboxylic acids is 3. The van der Waals surface area contributed by atoms with E-state index in [4.69, 9.17) is 22.1 Å². The van der Waals surface area contributed by atoms with Crippen molar-refractivity contribution < 1.29 is 36.5 Å². The summed E-state index contributed by atoms with van der Waals surface area (Å²) in [7, 11) is 0. The highest BCUT2D eigenvalue weighted by molar-refractivity contribution is 14.1. The van der Waals surface area contributed by atoms with E-state index in [1.54, 1.807) is 13.8 Å². The van der Waals surface area contributed by atoms with Gasteiger partial charge in [-0.3, -0.25) is 14.4 Å². The molecule has 5 aromatic heterocycles. The van der Waals surface area contributed by atoms with Crippen LogP contribution in [0, 0.1) is 9.49 Å². The summed E-state index contributed by atoms with van der Waals surface area (Å²) in [5, 5.41) is 8.29. The molecule has 48 heavy (non-hydrogen) atoms. The first kappa shape index (κ1) is 31.0. The molecule has 3 amide bonds. The lowest BCUT2D eigenvalue weighted by Gasteiger charge is -2.25. The van der Waals surface area contributed by atoms with Gasteiger partial charge in [-0.1, -0.05) is 26.0 Å². The number of hydrogen-bond donors (Lipinski definition) is 3. The van der Waals surface area contributed by atoms with Crippen molar-refractivity contribution in [3.05, 3.63) is 76.3 Å². The van der Waals surface area contributed by atoms with Gasteiger partial charge >= 0.3 is 0 Å². The number of benzene rings is 1. The number of nitrogens with zero attached hydrogens (tertiary/aromatic N) is 5. The highest BCUT2D eigenvalue weighted by Gasteiger charge is 2.30. The predicted molar refractivity (Wildman–Crippen MR) is 171 cm³/mol. The lowest BCUT2D eigenvalue weighted by Crippen LogP contribution is -2.56. The van der Waals surface area contributed by atoms with E-state index in [0.717, 1.165) is 15.4 Å². The van der Waals surface area contributed by atoms with Gasteiger partial charge < -0.3 is 38.0 Å². The van der Waals surface area contributed by atoms with E-state index < -0.39 is 29.8 Å². The fraction of sp³-hybridized carbons (Fsp3) is 0.226. The quantitative estimate of drug-likeness (QED) is 0.217. The number of aromatic nitrogens is 5. The van der Waals surface area contributed by atoms with Crippen molar-refractivity contribution in [1.82, 2.24) is 40.9 Å². The predicted octanol–water partition coefficient (Wildman–Crippen LogP) is 4.01. The molecule has 3 N–H and O–H groups in total. The molecule has 6 aromatic rings. The molecule has 10 bridgehead atoms. The second-order valence-electron chi connectivity index (χ2n) is 11.1. The first-order chi connectivity index (χ1) is 23.2. The highest BCUT2D eigenvalue weighted by atomic mass is 127. The summed E-state index contributed by atoms with van der Waals surface area (Å²) < 4.78 is 28.8. The van der Waals surface area contributed by atoms with Gasteiger partial charge in [0.05, 0.1) is 6.54 Å².